The van der Waals surface area contributed by atoms with Gasteiger partial charge in [0.25, 0.3) is 5.91 Å². The van der Waals surface area contributed by atoms with Crippen LogP contribution in [0.1, 0.15) is 56.8 Å². The number of Topliss-reactive ketones (excluding diaryl/α,β-unsaturated/α-hetero) is 1. The number of pyridine rings is 1. The van der Waals surface area contributed by atoms with Crippen LogP contribution in [-0.4, -0.2) is 56.8 Å². The van der Waals surface area contributed by atoms with Crippen LogP contribution in [-0.2, 0) is 4.79 Å². The third kappa shape index (κ3) is 3.45. The summed E-state index contributed by atoms with van der Waals surface area (Å²) in [6.45, 7) is 8.78. The maximum Gasteiger partial charge on any atom is 0.274 e. The predicted octanol–water partition coefficient (Wildman–Crippen LogP) is 3.78. The SMILES string of the molecule is CC(C)(C)N1CC2=C(C(=O)CC3(CCNCC3)C2)N1C(=O)c1cnc2c(Br)c[nH]c2c1. The van der Waals surface area contributed by atoms with Crippen molar-refractivity contribution in [2.75, 3.05) is 19.6 Å². The van der Waals surface area contributed by atoms with Crippen LogP contribution in [0.15, 0.2) is 34.2 Å². The summed E-state index contributed by atoms with van der Waals surface area (Å²) in [5.74, 6) is -0.102. The minimum Gasteiger partial charge on any atom is -0.359 e. The zero-order valence-corrected chi connectivity index (χ0v) is 19.8. The Kier molecular flexibility index (Phi) is 4.88. The first kappa shape index (κ1) is 20.8. The number of fused-ring (bicyclic) bond motifs is 1. The molecule has 1 saturated heterocycles. The van der Waals surface area contributed by atoms with Gasteiger partial charge in [0.15, 0.2) is 5.78 Å². The first-order chi connectivity index (χ1) is 14.7. The Bertz CT molecular complexity index is 1110. The van der Waals surface area contributed by atoms with Crippen LogP contribution in [0.25, 0.3) is 11.0 Å². The van der Waals surface area contributed by atoms with E-state index in [4.69, 9.17) is 0 Å². The summed E-state index contributed by atoms with van der Waals surface area (Å²) >= 11 is 3.46. The number of halogens is 1. The van der Waals surface area contributed by atoms with E-state index in [0.717, 1.165) is 53.4 Å². The second kappa shape index (κ2) is 7.25. The number of hydrogen-bond donors (Lipinski definition) is 2. The Labute approximate surface area is 190 Å². The summed E-state index contributed by atoms with van der Waals surface area (Å²) in [4.78, 5) is 34.8. The van der Waals surface area contributed by atoms with E-state index in [9.17, 15) is 9.59 Å². The first-order valence-electron chi connectivity index (χ1n) is 10.9. The first-order valence-corrected chi connectivity index (χ1v) is 11.7. The van der Waals surface area contributed by atoms with Crippen LogP contribution in [0.2, 0.25) is 0 Å². The fourth-order valence-corrected chi connectivity index (χ4v) is 5.69. The molecule has 1 fully saturated rings. The summed E-state index contributed by atoms with van der Waals surface area (Å²) in [6, 6.07) is 1.82. The number of hydrogen-bond acceptors (Lipinski definition) is 5. The van der Waals surface area contributed by atoms with Crippen LogP contribution < -0.4 is 5.32 Å². The Morgan fingerprint density at radius 3 is 2.68 bits per heavy atom. The average molecular weight is 486 g/mol. The number of H-pyrrole nitrogens is 1. The number of nitrogens with zero attached hydrogens (tertiary/aromatic N) is 3. The van der Waals surface area contributed by atoms with Crippen molar-refractivity contribution >= 4 is 38.7 Å². The maximum absolute atomic E-state index is 13.7. The number of carbonyl (C=O) groups excluding carboxylic acids is 2. The molecule has 0 unspecified atom stereocenters. The Morgan fingerprint density at radius 1 is 1.23 bits per heavy atom. The van der Waals surface area contributed by atoms with Gasteiger partial charge in [-0.2, -0.15) is 0 Å². The largest absolute Gasteiger partial charge is 0.359 e. The lowest BCUT2D eigenvalue weighted by molar-refractivity contribution is -0.122. The number of aromatic amines is 1. The monoisotopic (exact) mass is 485 g/mol. The molecule has 5 rings (SSSR count). The predicted molar refractivity (Wildman–Crippen MR) is 122 cm³/mol. The minimum atomic E-state index is -0.304. The Morgan fingerprint density at radius 2 is 1.97 bits per heavy atom. The molecule has 0 atom stereocenters. The van der Waals surface area contributed by atoms with Crippen LogP contribution >= 0.6 is 15.9 Å². The van der Waals surface area contributed by atoms with Gasteiger partial charge in [0, 0.05) is 30.9 Å². The van der Waals surface area contributed by atoms with Crippen LogP contribution in [0.4, 0.5) is 0 Å². The summed E-state index contributed by atoms with van der Waals surface area (Å²) in [5.41, 5.74) is 3.49. The van der Waals surface area contributed by atoms with Crippen molar-refractivity contribution in [3.05, 3.63) is 39.8 Å². The second-order valence-corrected chi connectivity index (χ2v) is 10.9. The zero-order valence-electron chi connectivity index (χ0n) is 18.2. The van der Waals surface area contributed by atoms with Crippen molar-refractivity contribution in [2.45, 2.75) is 52.0 Å². The molecule has 4 heterocycles. The number of piperidine rings is 1. The van der Waals surface area contributed by atoms with Gasteiger partial charge in [-0.25, -0.2) is 10.0 Å². The van der Waals surface area contributed by atoms with E-state index in [2.05, 4.69) is 52.0 Å². The topological polar surface area (TPSA) is 81.3 Å². The highest BCUT2D eigenvalue weighted by Crippen LogP contribution is 2.48. The molecular weight excluding hydrogens is 458 g/mol. The average Bonchev–Trinajstić information content (AvgIpc) is 3.28. The third-order valence-electron chi connectivity index (χ3n) is 6.86. The van der Waals surface area contributed by atoms with E-state index < -0.39 is 0 Å². The number of ketones is 1. The van der Waals surface area contributed by atoms with E-state index in [-0.39, 0.29) is 22.6 Å². The van der Waals surface area contributed by atoms with E-state index >= 15 is 0 Å². The normalized spacial score (nSPS) is 21.9. The molecule has 2 N–H and O–H groups in total. The van der Waals surface area contributed by atoms with Crippen molar-refractivity contribution < 1.29 is 9.59 Å². The van der Waals surface area contributed by atoms with E-state index in [0.29, 0.717) is 24.2 Å². The molecule has 8 heteroatoms. The van der Waals surface area contributed by atoms with Crippen molar-refractivity contribution in [2.24, 2.45) is 5.41 Å². The smallest absolute Gasteiger partial charge is 0.274 e. The van der Waals surface area contributed by atoms with Gasteiger partial charge < -0.3 is 10.3 Å². The Hall–Kier alpha value is -2.03. The van der Waals surface area contributed by atoms with E-state index in [1.165, 1.54) is 0 Å². The molecule has 164 valence electrons. The van der Waals surface area contributed by atoms with Gasteiger partial charge in [0.05, 0.1) is 15.6 Å². The number of amides is 1. The van der Waals surface area contributed by atoms with E-state index in [1.807, 2.05) is 17.3 Å². The number of rotatable bonds is 1. The maximum atomic E-state index is 13.7. The highest BCUT2D eigenvalue weighted by Gasteiger charge is 2.49. The fraction of sp³-hybridized carbons (Fsp3) is 0.522. The summed E-state index contributed by atoms with van der Waals surface area (Å²) < 4.78 is 0.860. The van der Waals surface area contributed by atoms with Crippen LogP contribution in [0.5, 0.6) is 0 Å². The number of hydrazine groups is 1. The lowest BCUT2D eigenvalue weighted by Gasteiger charge is -2.41. The molecule has 1 aliphatic carbocycles. The molecule has 2 aromatic rings. The van der Waals surface area contributed by atoms with Crippen molar-refractivity contribution in [3.8, 4) is 0 Å². The molecular formula is C23H28BrN5O2. The third-order valence-corrected chi connectivity index (χ3v) is 7.47. The van der Waals surface area contributed by atoms with Gasteiger partial charge in [0.2, 0.25) is 0 Å². The van der Waals surface area contributed by atoms with Gasteiger partial charge in [0.1, 0.15) is 11.2 Å². The molecule has 7 nitrogen and oxygen atoms in total. The molecule has 0 aromatic carbocycles. The van der Waals surface area contributed by atoms with Crippen LogP contribution in [0.3, 0.4) is 0 Å². The van der Waals surface area contributed by atoms with Gasteiger partial charge >= 0.3 is 0 Å². The van der Waals surface area contributed by atoms with Crippen molar-refractivity contribution in [1.82, 2.24) is 25.3 Å². The molecule has 31 heavy (non-hydrogen) atoms. The number of nitrogens with one attached hydrogen (secondary N) is 2. The highest BCUT2D eigenvalue weighted by molar-refractivity contribution is 9.10. The minimum absolute atomic E-state index is 0.0424. The van der Waals surface area contributed by atoms with Gasteiger partial charge in [-0.1, -0.05) is 0 Å². The standard InChI is InChI=1S/C23H28BrN5O2/c1-22(2,3)28-13-15-9-23(4-6-25-7-5-23)10-18(30)20(15)29(28)21(31)14-8-17-19(27-11-14)16(24)12-26-17/h8,11-12,25-26H,4-7,9-10,13H2,1-3H3. The van der Waals surface area contributed by atoms with Gasteiger partial charge in [-0.15, -0.1) is 0 Å². The zero-order chi connectivity index (χ0) is 22.0. The quantitative estimate of drug-likeness (QED) is 0.642. The molecule has 0 saturated carbocycles. The molecule has 2 aromatic heterocycles. The second-order valence-electron chi connectivity index (χ2n) is 10.1. The van der Waals surface area contributed by atoms with E-state index in [1.54, 1.807) is 11.2 Å². The lowest BCUT2D eigenvalue weighted by Crippen LogP contribution is -2.52. The summed E-state index contributed by atoms with van der Waals surface area (Å²) in [5, 5.41) is 7.11. The number of carbonyl (C=O) groups is 2. The molecule has 1 spiro atoms. The highest BCUT2D eigenvalue weighted by atomic mass is 79.9. The molecule has 3 aliphatic rings. The fourth-order valence-electron chi connectivity index (χ4n) is 5.26. The molecule has 0 radical (unpaired) electrons. The number of aromatic nitrogens is 2. The number of allylic oxidation sites excluding steroid dienone is 1. The molecule has 2 aliphatic heterocycles. The van der Waals surface area contributed by atoms with Crippen LogP contribution in [0, 0.1) is 5.41 Å². The van der Waals surface area contributed by atoms with Crippen molar-refractivity contribution in [1.29, 1.82) is 0 Å². The van der Waals surface area contributed by atoms with Gasteiger partial charge in [-0.05, 0) is 86.1 Å². The molecule has 0 bridgehead atoms. The molecule has 1 amide bonds. The summed E-state index contributed by atoms with van der Waals surface area (Å²) in [6.07, 6.45) is 6.86. The summed E-state index contributed by atoms with van der Waals surface area (Å²) in [7, 11) is 0. The van der Waals surface area contributed by atoms with Gasteiger partial charge in [-0.3, -0.25) is 14.6 Å². The lowest BCUT2D eigenvalue weighted by atomic mass is 9.67. The Balaban J connectivity index is 1.55. The van der Waals surface area contributed by atoms with Crippen molar-refractivity contribution in [3.63, 3.8) is 0 Å².